The molecule has 2 amide bonds. The maximum atomic E-state index is 12.2. The van der Waals surface area contributed by atoms with Crippen LogP contribution < -0.4 is 15.5 Å². The number of carbonyl (C=O) groups is 1. The van der Waals surface area contributed by atoms with Gasteiger partial charge in [0, 0.05) is 62.2 Å². The molecule has 1 saturated heterocycles. The van der Waals surface area contributed by atoms with Crippen LogP contribution in [0, 0.1) is 0 Å². The quantitative estimate of drug-likeness (QED) is 0.452. The molecule has 0 bridgehead atoms. The van der Waals surface area contributed by atoms with Crippen molar-refractivity contribution in [2.75, 3.05) is 49.5 Å². The van der Waals surface area contributed by atoms with Crippen LogP contribution in [0.3, 0.4) is 0 Å². The third kappa shape index (κ3) is 6.71. The van der Waals surface area contributed by atoms with Crippen LogP contribution in [0.5, 0.6) is 0 Å². The largest absolute Gasteiger partial charge is 0.344 e. The van der Waals surface area contributed by atoms with E-state index in [1.54, 1.807) is 18.2 Å². The molecule has 1 aliphatic rings. The zero-order valence-electron chi connectivity index (χ0n) is 17.7. The Labute approximate surface area is 211 Å². The number of para-hydroxylation sites is 1. The molecule has 174 valence electrons. The Morgan fingerprint density at radius 1 is 1.00 bits per heavy atom. The van der Waals surface area contributed by atoms with Gasteiger partial charge in [-0.05, 0) is 29.8 Å². The van der Waals surface area contributed by atoms with Crippen LogP contribution in [-0.4, -0.2) is 59.6 Å². The molecule has 7 nitrogen and oxygen atoms in total. The van der Waals surface area contributed by atoms with Crippen molar-refractivity contribution in [2.24, 2.45) is 0 Å². The Morgan fingerprint density at radius 3 is 2.39 bits per heavy atom. The predicted molar refractivity (Wildman–Crippen MR) is 136 cm³/mol. The van der Waals surface area contributed by atoms with E-state index in [1.807, 2.05) is 24.3 Å². The molecule has 2 N–H and O–H groups in total. The molecule has 4 rings (SSSR count). The molecule has 1 aliphatic heterocycles. The van der Waals surface area contributed by atoms with Crippen LogP contribution in [0.25, 0.3) is 0 Å². The number of benzene rings is 2. The molecular formula is C22H23Cl3N6OS. The molecule has 0 aliphatic carbocycles. The zero-order chi connectivity index (χ0) is 23.2. The second kappa shape index (κ2) is 11.4. The lowest BCUT2D eigenvalue weighted by atomic mass is 10.1. The van der Waals surface area contributed by atoms with Crippen molar-refractivity contribution in [1.29, 1.82) is 0 Å². The highest BCUT2D eigenvalue weighted by Crippen LogP contribution is 2.29. The van der Waals surface area contributed by atoms with Crippen molar-refractivity contribution >= 4 is 63.2 Å². The lowest BCUT2D eigenvalue weighted by molar-refractivity contribution is 0.240. The van der Waals surface area contributed by atoms with Gasteiger partial charge in [-0.25, -0.2) is 9.78 Å². The van der Waals surface area contributed by atoms with E-state index < -0.39 is 0 Å². The van der Waals surface area contributed by atoms with Crippen LogP contribution in [0.1, 0.15) is 11.4 Å². The number of piperazine rings is 1. The van der Waals surface area contributed by atoms with E-state index in [9.17, 15) is 4.79 Å². The lowest BCUT2D eigenvalue weighted by Gasteiger charge is -2.34. The monoisotopic (exact) mass is 524 g/mol. The summed E-state index contributed by atoms with van der Waals surface area (Å²) in [5.41, 5.74) is 1.56. The lowest BCUT2D eigenvalue weighted by Crippen LogP contribution is -2.48. The van der Waals surface area contributed by atoms with E-state index in [4.69, 9.17) is 39.8 Å². The van der Waals surface area contributed by atoms with Crippen LogP contribution in [0.4, 0.5) is 15.6 Å². The molecule has 0 radical (unpaired) electrons. The van der Waals surface area contributed by atoms with Crippen molar-refractivity contribution < 1.29 is 4.79 Å². The third-order valence-electron chi connectivity index (χ3n) is 5.29. The highest BCUT2D eigenvalue weighted by Gasteiger charge is 2.20. The minimum atomic E-state index is -0.328. The van der Waals surface area contributed by atoms with Gasteiger partial charge in [-0.2, -0.15) is 4.37 Å². The predicted octanol–water partition coefficient (Wildman–Crippen LogP) is 5.03. The molecule has 0 spiro atoms. The molecule has 3 aromatic rings. The molecule has 2 heterocycles. The van der Waals surface area contributed by atoms with E-state index in [-0.39, 0.29) is 6.03 Å². The van der Waals surface area contributed by atoms with Crippen LogP contribution in [-0.2, 0) is 6.42 Å². The third-order valence-corrected chi connectivity index (χ3v) is 6.99. The van der Waals surface area contributed by atoms with Gasteiger partial charge >= 0.3 is 6.03 Å². The molecule has 11 heteroatoms. The number of carbonyl (C=O) groups excluding carboxylic acids is 1. The molecule has 0 atom stereocenters. The highest BCUT2D eigenvalue weighted by molar-refractivity contribution is 7.09. The summed E-state index contributed by atoms with van der Waals surface area (Å²) in [6, 6.07) is 12.5. The van der Waals surface area contributed by atoms with Crippen molar-refractivity contribution in [3.63, 3.8) is 0 Å². The fourth-order valence-electron chi connectivity index (χ4n) is 3.50. The fraction of sp³-hybridized carbons (Fsp3) is 0.318. The van der Waals surface area contributed by atoms with Gasteiger partial charge in [-0.3, -0.25) is 4.90 Å². The maximum absolute atomic E-state index is 12.2. The number of rotatable bonds is 7. The first kappa shape index (κ1) is 24.0. The molecule has 1 aromatic heterocycles. The minimum absolute atomic E-state index is 0.328. The van der Waals surface area contributed by atoms with Gasteiger partial charge in [-0.1, -0.05) is 53.0 Å². The first-order chi connectivity index (χ1) is 16.0. The van der Waals surface area contributed by atoms with E-state index in [0.717, 1.165) is 54.3 Å². The summed E-state index contributed by atoms with van der Waals surface area (Å²) >= 11 is 19.6. The van der Waals surface area contributed by atoms with Gasteiger partial charge < -0.3 is 15.5 Å². The molecule has 33 heavy (non-hydrogen) atoms. The summed E-state index contributed by atoms with van der Waals surface area (Å²) < 4.78 is 4.51. The minimum Gasteiger partial charge on any atom is -0.344 e. The smallest absolute Gasteiger partial charge is 0.319 e. The molecular weight excluding hydrogens is 503 g/mol. The Balaban J connectivity index is 1.18. The number of hydrogen-bond acceptors (Lipinski definition) is 6. The fourth-order valence-corrected chi connectivity index (χ4v) is 4.85. The summed E-state index contributed by atoms with van der Waals surface area (Å²) in [6.45, 7) is 4.82. The average Bonchev–Trinajstić information content (AvgIpc) is 3.27. The van der Waals surface area contributed by atoms with E-state index in [0.29, 0.717) is 28.7 Å². The Bertz CT molecular complexity index is 1070. The molecule has 1 fully saturated rings. The SMILES string of the molecule is O=C(NCCN1CCN(c2nc(Cc3ccc(Cl)cc3)ns2)CC1)Nc1c(Cl)cccc1Cl. The number of halogens is 3. The number of hydrogen-bond donors (Lipinski definition) is 2. The number of amides is 2. The van der Waals surface area contributed by atoms with Gasteiger partial charge in [0.2, 0.25) is 5.13 Å². The van der Waals surface area contributed by atoms with Crippen molar-refractivity contribution in [3.05, 3.63) is 68.9 Å². The number of urea groups is 1. The number of nitrogens with zero attached hydrogens (tertiary/aromatic N) is 4. The molecule has 0 saturated carbocycles. The normalized spacial score (nSPS) is 14.3. The van der Waals surface area contributed by atoms with E-state index in [2.05, 4.69) is 24.8 Å². The Hall–Kier alpha value is -2.10. The van der Waals surface area contributed by atoms with Crippen LogP contribution >= 0.6 is 46.3 Å². The summed E-state index contributed by atoms with van der Waals surface area (Å²) in [5, 5.41) is 8.05. The van der Waals surface area contributed by atoms with Gasteiger partial charge in [0.15, 0.2) is 0 Å². The van der Waals surface area contributed by atoms with E-state index >= 15 is 0 Å². The summed E-state index contributed by atoms with van der Waals surface area (Å²) in [4.78, 5) is 21.4. The van der Waals surface area contributed by atoms with Crippen LogP contribution in [0.15, 0.2) is 42.5 Å². The zero-order valence-corrected chi connectivity index (χ0v) is 20.8. The number of aromatic nitrogens is 2. The van der Waals surface area contributed by atoms with Gasteiger partial charge in [0.05, 0.1) is 15.7 Å². The second-order valence-electron chi connectivity index (χ2n) is 7.60. The van der Waals surface area contributed by atoms with Crippen molar-refractivity contribution in [2.45, 2.75) is 6.42 Å². The van der Waals surface area contributed by atoms with Crippen molar-refractivity contribution in [1.82, 2.24) is 19.6 Å². The Kier molecular flexibility index (Phi) is 8.27. The standard InChI is InChI=1S/C22H23Cl3N6OS/c23-16-6-4-15(5-7-16)14-19-27-22(33-29-19)31-12-10-30(11-13-31)9-8-26-21(32)28-20-17(24)2-1-3-18(20)25/h1-7H,8-14H2,(H2,26,28,32). The Morgan fingerprint density at radius 2 is 1.70 bits per heavy atom. The van der Waals surface area contributed by atoms with Crippen LogP contribution in [0.2, 0.25) is 15.1 Å². The highest BCUT2D eigenvalue weighted by atomic mass is 35.5. The topological polar surface area (TPSA) is 73.4 Å². The van der Waals surface area contributed by atoms with Gasteiger partial charge in [0.1, 0.15) is 5.82 Å². The van der Waals surface area contributed by atoms with E-state index in [1.165, 1.54) is 11.5 Å². The number of anilines is 2. The molecule has 2 aromatic carbocycles. The number of nitrogens with one attached hydrogen (secondary N) is 2. The maximum Gasteiger partial charge on any atom is 0.319 e. The van der Waals surface area contributed by atoms with Crippen molar-refractivity contribution in [3.8, 4) is 0 Å². The average molecular weight is 526 g/mol. The summed E-state index contributed by atoms with van der Waals surface area (Å²) in [5.74, 6) is 0.827. The molecule has 0 unspecified atom stereocenters. The first-order valence-corrected chi connectivity index (χ1v) is 12.4. The van der Waals surface area contributed by atoms with Gasteiger partial charge in [0.25, 0.3) is 0 Å². The second-order valence-corrected chi connectivity index (χ2v) is 9.58. The summed E-state index contributed by atoms with van der Waals surface area (Å²) in [6.07, 6.45) is 0.695. The van der Waals surface area contributed by atoms with Gasteiger partial charge in [-0.15, -0.1) is 0 Å². The first-order valence-electron chi connectivity index (χ1n) is 10.5. The summed E-state index contributed by atoms with van der Waals surface area (Å²) in [7, 11) is 0.